The molecule has 1 aliphatic heterocycles. The van der Waals surface area contributed by atoms with Gasteiger partial charge in [0.2, 0.25) is 0 Å². The van der Waals surface area contributed by atoms with Crippen LogP contribution in [0.3, 0.4) is 0 Å². The lowest BCUT2D eigenvalue weighted by Gasteiger charge is -2.21. The van der Waals surface area contributed by atoms with Crippen LogP contribution in [0.15, 0.2) is 54.9 Å². The molecule has 0 spiro atoms. The maximum absolute atomic E-state index is 12.9. The Bertz CT molecular complexity index is 996. The zero-order valence-electron chi connectivity index (χ0n) is 15.1. The van der Waals surface area contributed by atoms with E-state index in [4.69, 9.17) is 4.65 Å². The summed E-state index contributed by atoms with van der Waals surface area (Å²) in [5.74, 6) is -0.0353. The molecule has 132 valence electrons. The lowest BCUT2D eigenvalue weighted by Crippen LogP contribution is -2.30. The molecule has 3 aromatic rings. The molecular weight excluding hydrogens is 327 g/mol. The largest absolute Gasteiger partial charge is 0.492 e. The lowest BCUT2D eigenvalue weighted by atomic mass is 9.77. The molecule has 0 saturated heterocycles. The van der Waals surface area contributed by atoms with Crippen LogP contribution in [0, 0.1) is 0 Å². The summed E-state index contributed by atoms with van der Waals surface area (Å²) in [7, 11) is 0.870. The third-order valence-electron chi connectivity index (χ3n) is 5.00. The van der Waals surface area contributed by atoms with Crippen molar-refractivity contribution in [3.8, 4) is 0 Å². The molecule has 0 fully saturated rings. The summed E-state index contributed by atoms with van der Waals surface area (Å²) in [5.41, 5.74) is 3.79. The Labute approximate surface area is 153 Å². The van der Waals surface area contributed by atoms with Gasteiger partial charge in [0, 0.05) is 26.0 Å². The number of fused-ring (bicyclic) bond motifs is 2. The van der Waals surface area contributed by atoms with Crippen molar-refractivity contribution in [2.45, 2.75) is 26.0 Å². The second-order valence-corrected chi connectivity index (χ2v) is 7.29. The molecule has 1 N–H and O–H groups in total. The number of hydrogen-bond donors (Lipinski definition) is 1. The van der Waals surface area contributed by atoms with Crippen molar-refractivity contribution in [1.82, 2.24) is 9.30 Å². The average molecular weight is 348 g/mol. The van der Waals surface area contributed by atoms with Crippen LogP contribution in [0.2, 0.25) is 0 Å². The molecule has 3 heterocycles. The first-order valence-corrected chi connectivity index (χ1v) is 8.67. The van der Waals surface area contributed by atoms with Crippen molar-refractivity contribution in [3.63, 3.8) is 0 Å². The number of carbonyl (C=O) groups is 1. The minimum Gasteiger partial charge on any atom is -0.423 e. The highest BCUT2D eigenvalue weighted by Crippen LogP contribution is 2.30. The fourth-order valence-electron chi connectivity index (χ4n) is 3.67. The van der Waals surface area contributed by atoms with E-state index in [1.807, 2.05) is 73.1 Å². The van der Waals surface area contributed by atoms with Gasteiger partial charge in [-0.3, -0.25) is 4.79 Å². The number of amides is 1. The number of aromatic nitrogens is 1. The van der Waals surface area contributed by atoms with E-state index in [9.17, 15) is 9.82 Å². The molecule has 4 rings (SSSR count). The van der Waals surface area contributed by atoms with E-state index in [0.29, 0.717) is 12.1 Å². The molecule has 0 atom stereocenters. The van der Waals surface area contributed by atoms with Crippen LogP contribution in [-0.4, -0.2) is 34.4 Å². The number of hydrogen-bond acceptors (Lipinski definition) is 3. The highest BCUT2D eigenvalue weighted by atomic mass is 16.5. The molecule has 0 unspecified atom stereocenters. The summed E-state index contributed by atoms with van der Waals surface area (Å²) in [5, 5.41) is 10.2. The van der Waals surface area contributed by atoms with Crippen LogP contribution < -0.4 is 5.46 Å². The van der Waals surface area contributed by atoms with Crippen LogP contribution in [-0.2, 0) is 16.8 Å². The SMILES string of the molecule is CN(Cc1ccc2c(c1)B(O)OC2(C)C)C(=O)c1cccn2cccc12. The Morgan fingerprint density at radius 1 is 1.23 bits per heavy atom. The van der Waals surface area contributed by atoms with Crippen molar-refractivity contribution in [3.05, 3.63) is 71.5 Å². The van der Waals surface area contributed by atoms with Crippen LogP contribution in [0.25, 0.3) is 5.52 Å². The second kappa shape index (κ2) is 6.00. The molecule has 2 aromatic heterocycles. The summed E-state index contributed by atoms with van der Waals surface area (Å²) in [6.07, 6.45) is 3.85. The van der Waals surface area contributed by atoms with E-state index in [2.05, 4.69) is 0 Å². The summed E-state index contributed by atoms with van der Waals surface area (Å²) in [4.78, 5) is 14.6. The topological polar surface area (TPSA) is 54.2 Å². The quantitative estimate of drug-likeness (QED) is 0.738. The van der Waals surface area contributed by atoms with Gasteiger partial charge >= 0.3 is 7.12 Å². The molecule has 5 nitrogen and oxygen atoms in total. The molecule has 0 saturated carbocycles. The fraction of sp³-hybridized carbons (Fsp3) is 0.250. The Morgan fingerprint density at radius 3 is 2.73 bits per heavy atom. The summed E-state index contributed by atoms with van der Waals surface area (Å²) in [6, 6.07) is 13.5. The third kappa shape index (κ3) is 2.71. The number of rotatable bonds is 3. The predicted molar refractivity (Wildman–Crippen MR) is 101 cm³/mol. The fourth-order valence-corrected chi connectivity index (χ4v) is 3.67. The molecule has 1 amide bonds. The van der Waals surface area contributed by atoms with Crippen molar-refractivity contribution in [2.75, 3.05) is 7.05 Å². The number of nitrogens with zero attached hydrogens (tertiary/aromatic N) is 2. The van der Waals surface area contributed by atoms with Gasteiger partial charge in [0.15, 0.2) is 0 Å². The maximum atomic E-state index is 12.9. The monoisotopic (exact) mass is 348 g/mol. The van der Waals surface area contributed by atoms with Crippen LogP contribution in [0.5, 0.6) is 0 Å². The van der Waals surface area contributed by atoms with Crippen molar-refractivity contribution in [1.29, 1.82) is 0 Å². The highest BCUT2D eigenvalue weighted by Gasteiger charge is 2.40. The summed E-state index contributed by atoms with van der Waals surface area (Å²) >= 11 is 0. The van der Waals surface area contributed by atoms with Gasteiger partial charge in [-0.15, -0.1) is 0 Å². The number of pyridine rings is 1. The van der Waals surface area contributed by atoms with Crippen molar-refractivity contribution in [2.24, 2.45) is 0 Å². The molecule has 1 aliphatic rings. The van der Waals surface area contributed by atoms with Crippen molar-refractivity contribution >= 4 is 24.0 Å². The van der Waals surface area contributed by atoms with E-state index in [1.54, 1.807) is 11.9 Å². The minimum absolute atomic E-state index is 0.0353. The number of benzene rings is 1. The highest BCUT2D eigenvalue weighted by molar-refractivity contribution is 6.62. The normalized spacial score (nSPS) is 15.3. The van der Waals surface area contributed by atoms with Gasteiger partial charge in [-0.05, 0) is 54.7 Å². The molecule has 0 bridgehead atoms. The predicted octanol–water partition coefficient (Wildman–Crippen LogP) is 2.16. The van der Waals surface area contributed by atoms with Crippen LogP contribution in [0.4, 0.5) is 0 Å². The van der Waals surface area contributed by atoms with Crippen LogP contribution >= 0.6 is 0 Å². The second-order valence-electron chi connectivity index (χ2n) is 7.29. The van der Waals surface area contributed by atoms with Gasteiger partial charge in [0.05, 0.1) is 16.7 Å². The minimum atomic E-state index is -0.921. The molecular formula is C20H21BN2O3. The first-order chi connectivity index (χ1) is 12.4. The Kier molecular flexibility index (Phi) is 3.90. The van der Waals surface area contributed by atoms with Gasteiger partial charge in [-0.2, -0.15) is 0 Å². The van der Waals surface area contributed by atoms with Gasteiger partial charge in [-0.25, -0.2) is 0 Å². The summed E-state index contributed by atoms with van der Waals surface area (Å²) in [6.45, 7) is 4.34. The molecule has 6 heteroatoms. The zero-order chi connectivity index (χ0) is 18.5. The number of carbonyl (C=O) groups excluding carboxylic acids is 1. The first kappa shape index (κ1) is 16.9. The van der Waals surface area contributed by atoms with E-state index >= 15 is 0 Å². The smallest absolute Gasteiger partial charge is 0.423 e. The third-order valence-corrected chi connectivity index (χ3v) is 5.00. The Balaban J connectivity index is 1.59. The zero-order valence-corrected chi connectivity index (χ0v) is 15.1. The molecule has 0 radical (unpaired) electrons. The van der Waals surface area contributed by atoms with Gasteiger partial charge in [0.25, 0.3) is 5.91 Å². The molecule has 26 heavy (non-hydrogen) atoms. The van der Waals surface area contributed by atoms with E-state index in [-0.39, 0.29) is 5.91 Å². The van der Waals surface area contributed by atoms with Gasteiger partial charge in [0.1, 0.15) is 0 Å². The van der Waals surface area contributed by atoms with Crippen LogP contribution in [0.1, 0.15) is 35.3 Å². The summed E-state index contributed by atoms with van der Waals surface area (Å²) < 4.78 is 7.54. The first-order valence-electron chi connectivity index (χ1n) is 8.67. The maximum Gasteiger partial charge on any atom is 0.492 e. The standard InChI is InChI=1S/C20H21BN2O3/c1-20(2)16-9-8-14(12-17(16)21(25)26-20)13-22(3)19(24)15-6-4-10-23-11-5-7-18(15)23/h4-12,25H,13H2,1-3H3. The Hall–Kier alpha value is -2.57. The Morgan fingerprint density at radius 2 is 1.96 bits per heavy atom. The van der Waals surface area contributed by atoms with Gasteiger partial charge in [-0.1, -0.05) is 18.2 Å². The van der Waals surface area contributed by atoms with Crippen molar-refractivity contribution < 1.29 is 14.5 Å². The van der Waals surface area contributed by atoms with E-state index in [0.717, 1.165) is 22.1 Å². The molecule has 1 aromatic carbocycles. The van der Waals surface area contributed by atoms with E-state index < -0.39 is 12.7 Å². The van der Waals surface area contributed by atoms with E-state index in [1.165, 1.54) is 0 Å². The average Bonchev–Trinajstić information content (AvgIpc) is 3.16. The lowest BCUT2D eigenvalue weighted by molar-refractivity contribution is 0.0786. The molecule has 0 aliphatic carbocycles. The van der Waals surface area contributed by atoms with Gasteiger partial charge < -0.3 is 19.0 Å².